The molecule has 0 radical (unpaired) electrons. The first-order valence-corrected chi connectivity index (χ1v) is 8.45. The quantitative estimate of drug-likeness (QED) is 0.844. The van der Waals surface area contributed by atoms with Crippen LogP contribution in [0.5, 0.6) is 0 Å². The van der Waals surface area contributed by atoms with Crippen molar-refractivity contribution in [3.63, 3.8) is 0 Å². The van der Waals surface area contributed by atoms with Crippen LogP contribution in [0.2, 0.25) is 0 Å². The minimum Gasteiger partial charge on any atom is -0.387 e. The Hall–Kier alpha value is -0.870. The molecule has 0 aromatic rings. The Morgan fingerprint density at radius 1 is 1.43 bits per heavy atom. The summed E-state index contributed by atoms with van der Waals surface area (Å²) in [6.45, 7) is 5.82. The molecule has 1 saturated carbocycles. The molecule has 0 bridgehead atoms. The van der Waals surface area contributed by atoms with Crippen LogP contribution in [0, 0.1) is 5.92 Å². The summed E-state index contributed by atoms with van der Waals surface area (Å²) in [6.07, 6.45) is 9.20. The molecule has 0 aromatic heterocycles. The Kier molecular flexibility index (Phi) is 4.10. The molecule has 2 aliphatic carbocycles. The summed E-state index contributed by atoms with van der Waals surface area (Å²) in [6, 6.07) is 0.451. The first-order chi connectivity index (χ1) is 9.99. The second-order valence-corrected chi connectivity index (χ2v) is 7.34. The van der Waals surface area contributed by atoms with E-state index in [4.69, 9.17) is 0 Å². The number of likely N-dealkylation sites (tertiary alicyclic amines) is 1. The van der Waals surface area contributed by atoms with Crippen LogP contribution in [0.15, 0.2) is 11.8 Å². The van der Waals surface area contributed by atoms with E-state index in [2.05, 4.69) is 15.9 Å². The average molecular weight is 292 g/mol. The van der Waals surface area contributed by atoms with E-state index < -0.39 is 5.60 Å². The Labute approximate surface area is 127 Å². The highest BCUT2D eigenvalue weighted by atomic mass is 16.3. The zero-order chi connectivity index (χ0) is 15.0. The molecule has 3 aliphatic rings. The van der Waals surface area contributed by atoms with Gasteiger partial charge in [0.15, 0.2) is 0 Å². The maximum absolute atomic E-state index is 12.7. The fourth-order valence-electron chi connectivity index (χ4n) is 3.44. The summed E-state index contributed by atoms with van der Waals surface area (Å²) >= 11 is 0. The lowest BCUT2D eigenvalue weighted by Gasteiger charge is -2.49. The Morgan fingerprint density at radius 2 is 2.14 bits per heavy atom. The van der Waals surface area contributed by atoms with Gasteiger partial charge in [-0.2, -0.15) is 0 Å². The van der Waals surface area contributed by atoms with Crippen molar-refractivity contribution in [2.24, 2.45) is 5.92 Å². The van der Waals surface area contributed by atoms with Crippen molar-refractivity contribution < 1.29 is 9.90 Å². The van der Waals surface area contributed by atoms with Gasteiger partial charge in [-0.3, -0.25) is 9.69 Å². The molecule has 1 amide bonds. The maximum Gasteiger partial charge on any atom is 0.241 e. The fraction of sp³-hybridized carbons (Fsp3) is 0.824. The topological polar surface area (TPSA) is 43.8 Å². The molecule has 4 nitrogen and oxygen atoms in total. The molecule has 1 N–H and O–H groups in total. The van der Waals surface area contributed by atoms with Crippen LogP contribution in [-0.4, -0.2) is 52.1 Å². The van der Waals surface area contributed by atoms with Crippen LogP contribution in [0.3, 0.4) is 0 Å². The van der Waals surface area contributed by atoms with Gasteiger partial charge in [0.1, 0.15) is 0 Å². The molecule has 4 heteroatoms. The first kappa shape index (κ1) is 15.0. The molecule has 1 saturated heterocycles. The number of carbonyl (C=O) groups is 1. The normalized spacial score (nSPS) is 25.4. The number of rotatable bonds is 5. The molecule has 1 heterocycles. The van der Waals surface area contributed by atoms with Gasteiger partial charge in [0.2, 0.25) is 5.91 Å². The second-order valence-electron chi connectivity index (χ2n) is 7.34. The number of β-amino-alcohol motifs (C(OH)–C–C–N with tert-alkyl or cyclic N) is 1. The van der Waals surface area contributed by atoms with E-state index in [1.807, 2.05) is 13.8 Å². The molecule has 2 fully saturated rings. The van der Waals surface area contributed by atoms with E-state index in [1.54, 1.807) is 0 Å². The van der Waals surface area contributed by atoms with Crippen LogP contribution >= 0.6 is 0 Å². The highest BCUT2D eigenvalue weighted by Crippen LogP contribution is 2.35. The van der Waals surface area contributed by atoms with Crippen molar-refractivity contribution in [3.8, 4) is 0 Å². The van der Waals surface area contributed by atoms with E-state index in [0.717, 1.165) is 25.7 Å². The number of hydrogen-bond acceptors (Lipinski definition) is 3. The predicted octanol–water partition coefficient (Wildman–Crippen LogP) is 2.14. The van der Waals surface area contributed by atoms with Crippen molar-refractivity contribution >= 4 is 5.91 Å². The second kappa shape index (κ2) is 5.73. The van der Waals surface area contributed by atoms with E-state index >= 15 is 0 Å². The number of hydrogen-bond donors (Lipinski definition) is 1. The van der Waals surface area contributed by atoms with E-state index in [9.17, 15) is 9.90 Å². The van der Waals surface area contributed by atoms with E-state index in [1.165, 1.54) is 18.5 Å². The number of nitrogens with zero attached hydrogens (tertiary/aromatic N) is 2. The number of allylic oxidation sites excluding steroid dienone is 2. The summed E-state index contributed by atoms with van der Waals surface area (Å²) in [7, 11) is 0. The van der Waals surface area contributed by atoms with Gasteiger partial charge in [-0.25, -0.2) is 0 Å². The molecule has 0 atom stereocenters. The van der Waals surface area contributed by atoms with Gasteiger partial charge in [-0.05, 0) is 44.4 Å². The standard InChI is InChI=1S/C17H28N2O2/c1-13(2)17(21)11-18(12-17)10-16(20)19(15-8-9-15)14-6-4-3-5-7-14/h6,13,15,21H,3-5,7-12H2,1-2H3. The van der Waals surface area contributed by atoms with Crippen molar-refractivity contribution in [1.29, 1.82) is 0 Å². The lowest BCUT2D eigenvalue weighted by Crippen LogP contribution is -2.65. The Morgan fingerprint density at radius 3 is 2.67 bits per heavy atom. The predicted molar refractivity (Wildman–Crippen MR) is 82.6 cm³/mol. The van der Waals surface area contributed by atoms with E-state index in [-0.39, 0.29) is 11.8 Å². The van der Waals surface area contributed by atoms with Gasteiger partial charge in [-0.15, -0.1) is 0 Å². The Bertz CT molecular complexity index is 434. The highest BCUT2D eigenvalue weighted by molar-refractivity contribution is 5.81. The summed E-state index contributed by atoms with van der Waals surface area (Å²) in [4.78, 5) is 16.8. The monoisotopic (exact) mass is 292 g/mol. The summed E-state index contributed by atoms with van der Waals surface area (Å²) in [5, 5.41) is 10.3. The van der Waals surface area contributed by atoms with Crippen LogP contribution < -0.4 is 0 Å². The van der Waals surface area contributed by atoms with Crippen LogP contribution in [0.25, 0.3) is 0 Å². The third kappa shape index (κ3) is 3.16. The van der Waals surface area contributed by atoms with Crippen LogP contribution in [0.4, 0.5) is 0 Å². The van der Waals surface area contributed by atoms with Gasteiger partial charge < -0.3 is 10.0 Å². The first-order valence-electron chi connectivity index (χ1n) is 8.45. The minimum atomic E-state index is -0.588. The Balaban J connectivity index is 1.57. The van der Waals surface area contributed by atoms with Gasteiger partial charge in [0.05, 0.1) is 12.1 Å². The van der Waals surface area contributed by atoms with Crippen molar-refractivity contribution in [2.45, 2.75) is 64.0 Å². The smallest absolute Gasteiger partial charge is 0.241 e. The van der Waals surface area contributed by atoms with E-state index in [0.29, 0.717) is 25.7 Å². The van der Waals surface area contributed by atoms with Gasteiger partial charge in [0.25, 0.3) is 0 Å². The fourth-order valence-corrected chi connectivity index (χ4v) is 3.44. The molecule has 0 spiro atoms. The zero-order valence-electron chi connectivity index (χ0n) is 13.3. The number of amides is 1. The van der Waals surface area contributed by atoms with Crippen LogP contribution in [-0.2, 0) is 4.79 Å². The summed E-state index contributed by atoms with van der Waals surface area (Å²) in [5.74, 6) is 0.487. The number of aliphatic hydroxyl groups is 1. The van der Waals surface area contributed by atoms with Gasteiger partial charge in [0, 0.05) is 24.8 Å². The number of carbonyl (C=O) groups excluding carboxylic acids is 1. The van der Waals surface area contributed by atoms with Gasteiger partial charge in [-0.1, -0.05) is 19.9 Å². The van der Waals surface area contributed by atoms with Crippen molar-refractivity contribution in [2.75, 3.05) is 19.6 Å². The largest absolute Gasteiger partial charge is 0.387 e. The molecule has 118 valence electrons. The average Bonchev–Trinajstić information content (AvgIpc) is 3.22. The molecule has 1 aliphatic heterocycles. The third-order valence-corrected chi connectivity index (χ3v) is 5.19. The molecule has 3 rings (SSSR count). The zero-order valence-corrected chi connectivity index (χ0v) is 13.3. The molecule has 0 aromatic carbocycles. The third-order valence-electron chi connectivity index (χ3n) is 5.19. The van der Waals surface area contributed by atoms with Crippen molar-refractivity contribution in [1.82, 2.24) is 9.80 Å². The SMILES string of the molecule is CC(C)C1(O)CN(CC(=O)N(C2=CCCCC2)C2CC2)C1. The van der Waals surface area contributed by atoms with Gasteiger partial charge >= 0.3 is 0 Å². The van der Waals surface area contributed by atoms with Crippen LogP contribution in [0.1, 0.15) is 52.4 Å². The molecule has 0 unspecified atom stereocenters. The lowest BCUT2D eigenvalue weighted by molar-refractivity contribution is -0.148. The lowest BCUT2D eigenvalue weighted by atomic mass is 9.83. The minimum absolute atomic E-state index is 0.233. The molecule has 21 heavy (non-hydrogen) atoms. The molecular formula is C17H28N2O2. The highest BCUT2D eigenvalue weighted by Gasteiger charge is 2.45. The van der Waals surface area contributed by atoms with Crippen molar-refractivity contribution in [3.05, 3.63) is 11.8 Å². The summed E-state index contributed by atoms with van der Waals surface area (Å²) in [5.41, 5.74) is 0.669. The molecular weight excluding hydrogens is 264 g/mol. The summed E-state index contributed by atoms with van der Waals surface area (Å²) < 4.78 is 0. The maximum atomic E-state index is 12.7.